The van der Waals surface area contributed by atoms with Gasteiger partial charge in [0.2, 0.25) is 5.95 Å². The maximum absolute atomic E-state index is 4.35. The zero-order valence-corrected chi connectivity index (χ0v) is 11.3. The van der Waals surface area contributed by atoms with Gasteiger partial charge in [0.25, 0.3) is 0 Å². The minimum Gasteiger partial charge on any atom is -0.369 e. The molecule has 0 aliphatic heterocycles. The van der Waals surface area contributed by atoms with Crippen molar-refractivity contribution in [1.29, 1.82) is 0 Å². The highest BCUT2D eigenvalue weighted by atomic mass is 15.3. The Morgan fingerprint density at radius 2 is 1.89 bits per heavy atom. The fraction of sp³-hybridized carbons (Fsp3) is 0.357. The van der Waals surface area contributed by atoms with Gasteiger partial charge in [0.05, 0.1) is 6.20 Å². The lowest BCUT2D eigenvalue weighted by atomic mass is 10.1. The van der Waals surface area contributed by atoms with Gasteiger partial charge < -0.3 is 10.6 Å². The maximum atomic E-state index is 4.35. The van der Waals surface area contributed by atoms with E-state index in [1.807, 2.05) is 0 Å². The molecule has 0 aliphatic rings. The van der Waals surface area contributed by atoms with Gasteiger partial charge >= 0.3 is 0 Å². The first kappa shape index (κ1) is 13.3. The highest BCUT2D eigenvalue weighted by Crippen LogP contribution is 2.07. The van der Waals surface area contributed by atoms with Gasteiger partial charge in [-0.05, 0) is 18.9 Å². The molecule has 0 saturated carbocycles. The van der Waals surface area contributed by atoms with Crippen molar-refractivity contribution >= 4 is 11.8 Å². The third-order valence-electron chi connectivity index (χ3n) is 2.69. The van der Waals surface area contributed by atoms with E-state index in [0.29, 0.717) is 12.5 Å². The van der Waals surface area contributed by atoms with Crippen LogP contribution in [0.25, 0.3) is 0 Å². The summed E-state index contributed by atoms with van der Waals surface area (Å²) in [6, 6.07) is 8.37. The van der Waals surface area contributed by atoms with Crippen LogP contribution in [0.2, 0.25) is 0 Å². The molecule has 0 fully saturated rings. The van der Waals surface area contributed by atoms with E-state index in [1.54, 1.807) is 6.20 Å². The fourth-order valence-electron chi connectivity index (χ4n) is 1.60. The minimum absolute atomic E-state index is 0.543. The molecule has 19 heavy (non-hydrogen) atoms. The molecular formula is C14H19N5. The Kier molecular flexibility index (Phi) is 4.66. The molecule has 1 heterocycles. The number of hydrogen-bond acceptors (Lipinski definition) is 5. The molecule has 0 bridgehead atoms. The van der Waals surface area contributed by atoms with Crippen LogP contribution < -0.4 is 10.6 Å². The molecule has 0 saturated heterocycles. The Bertz CT molecular complexity index is 509. The van der Waals surface area contributed by atoms with Crippen LogP contribution in [0, 0.1) is 6.92 Å². The number of benzene rings is 1. The van der Waals surface area contributed by atoms with Crippen molar-refractivity contribution in [3.05, 3.63) is 41.6 Å². The smallest absolute Gasteiger partial charge is 0.244 e. The lowest BCUT2D eigenvalue weighted by molar-refractivity contribution is 0.919. The van der Waals surface area contributed by atoms with Crippen LogP contribution in [0.4, 0.5) is 11.8 Å². The maximum Gasteiger partial charge on any atom is 0.244 e. The van der Waals surface area contributed by atoms with E-state index < -0.39 is 0 Å². The molecule has 0 spiro atoms. The molecule has 0 unspecified atom stereocenters. The lowest BCUT2D eigenvalue weighted by Crippen LogP contribution is -2.08. The van der Waals surface area contributed by atoms with Crippen LogP contribution in [-0.2, 0) is 6.54 Å². The Morgan fingerprint density at radius 3 is 2.63 bits per heavy atom. The second-order valence-corrected chi connectivity index (χ2v) is 4.43. The Morgan fingerprint density at radius 1 is 1.11 bits per heavy atom. The predicted molar refractivity (Wildman–Crippen MR) is 77.1 cm³/mol. The van der Waals surface area contributed by atoms with E-state index in [0.717, 1.165) is 18.8 Å². The summed E-state index contributed by atoms with van der Waals surface area (Å²) in [5.41, 5.74) is 2.45. The van der Waals surface area contributed by atoms with Crippen molar-refractivity contribution in [2.24, 2.45) is 0 Å². The highest BCUT2D eigenvalue weighted by molar-refractivity contribution is 5.37. The van der Waals surface area contributed by atoms with E-state index in [4.69, 9.17) is 0 Å². The predicted octanol–water partition coefficient (Wildman–Crippen LogP) is 2.61. The number of anilines is 2. The van der Waals surface area contributed by atoms with Crippen molar-refractivity contribution in [2.75, 3.05) is 17.2 Å². The second kappa shape index (κ2) is 6.68. The summed E-state index contributed by atoms with van der Waals surface area (Å²) in [4.78, 5) is 4.35. The van der Waals surface area contributed by atoms with Crippen molar-refractivity contribution in [1.82, 2.24) is 15.2 Å². The number of aryl methyl sites for hydroxylation is 1. The summed E-state index contributed by atoms with van der Waals surface area (Å²) in [5.74, 6) is 1.30. The van der Waals surface area contributed by atoms with Gasteiger partial charge in [-0.1, -0.05) is 36.8 Å². The zero-order valence-electron chi connectivity index (χ0n) is 11.3. The average molecular weight is 257 g/mol. The fourth-order valence-corrected chi connectivity index (χ4v) is 1.60. The Hall–Kier alpha value is -2.17. The summed E-state index contributed by atoms with van der Waals surface area (Å²) in [7, 11) is 0. The van der Waals surface area contributed by atoms with Crippen molar-refractivity contribution in [3.8, 4) is 0 Å². The quantitative estimate of drug-likeness (QED) is 0.833. The summed E-state index contributed by atoms with van der Waals surface area (Å²) in [6.07, 6.45) is 2.68. The van der Waals surface area contributed by atoms with E-state index in [9.17, 15) is 0 Å². The molecule has 2 rings (SSSR count). The molecular weight excluding hydrogens is 238 g/mol. The summed E-state index contributed by atoms with van der Waals surface area (Å²) in [6.45, 7) is 5.76. The summed E-state index contributed by atoms with van der Waals surface area (Å²) < 4.78 is 0. The van der Waals surface area contributed by atoms with Crippen molar-refractivity contribution in [2.45, 2.75) is 26.8 Å². The van der Waals surface area contributed by atoms with Gasteiger partial charge in [-0.3, -0.25) is 0 Å². The van der Waals surface area contributed by atoms with Gasteiger partial charge in [0.1, 0.15) is 5.82 Å². The van der Waals surface area contributed by atoms with Gasteiger partial charge in [0, 0.05) is 13.1 Å². The molecule has 0 radical (unpaired) electrons. The first-order chi connectivity index (χ1) is 9.28. The normalized spacial score (nSPS) is 10.2. The van der Waals surface area contributed by atoms with Crippen LogP contribution >= 0.6 is 0 Å². The molecule has 0 amide bonds. The van der Waals surface area contributed by atoms with Crippen LogP contribution in [0.1, 0.15) is 24.5 Å². The van der Waals surface area contributed by atoms with Crippen molar-refractivity contribution in [3.63, 3.8) is 0 Å². The molecule has 5 nitrogen and oxygen atoms in total. The summed E-state index contributed by atoms with van der Waals surface area (Å²) in [5, 5.41) is 14.3. The molecule has 0 aliphatic carbocycles. The standard InChI is InChI=1S/C14H19N5/c1-3-8-15-13-10-17-19-14(18-13)16-9-12-6-4-11(2)5-7-12/h4-7,10H,3,8-9H2,1-2H3,(H2,15,16,18,19). The van der Waals surface area contributed by atoms with E-state index >= 15 is 0 Å². The van der Waals surface area contributed by atoms with Crippen LogP contribution in [0.15, 0.2) is 30.5 Å². The molecule has 1 aromatic heterocycles. The number of nitrogens with one attached hydrogen (secondary N) is 2. The van der Waals surface area contributed by atoms with Crippen LogP contribution in [0.5, 0.6) is 0 Å². The molecule has 0 atom stereocenters. The monoisotopic (exact) mass is 257 g/mol. The average Bonchev–Trinajstić information content (AvgIpc) is 2.45. The van der Waals surface area contributed by atoms with Gasteiger partial charge in [-0.15, -0.1) is 5.10 Å². The number of aromatic nitrogens is 3. The Labute approximate surface area is 113 Å². The van der Waals surface area contributed by atoms with Crippen molar-refractivity contribution < 1.29 is 0 Å². The lowest BCUT2D eigenvalue weighted by Gasteiger charge is -2.07. The van der Waals surface area contributed by atoms with Gasteiger partial charge in [-0.2, -0.15) is 10.1 Å². The number of nitrogens with zero attached hydrogens (tertiary/aromatic N) is 3. The minimum atomic E-state index is 0.543. The zero-order chi connectivity index (χ0) is 13.5. The van der Waals surface area contributed by atoms with Crippen LogP contribution in [0.3, 0.4) is 0 Å². The number of hydrogen-bond donors (Lipinski definition) is 2. The Balaban J connectivity index is 1.93. The van der Waals surface area contributed by atoms with E-state index in [1.165, 1.54) is 11.1 Å². The van der Waals surface area contributed by atoms with Crippen LogP contribution in [-0.4, -0.2) is 21.7 Å². The second-order valence-electron chi connectivity index (χ2n) is 4.43. The van der Waals surface area contributed by atoms with E-state index in [2.05, 4.69) is 63.9 Å². The molecule has 2 N–H and O–H groups in total. The molecule has 5 heteroatoms. The first-order valence-electron chi connectivity index (χ1n) is 6.51. The third-order valence-corrected chi connectivity index (χ3v) is 2.69. The first-order valence-corrected chi connectivity index (χ1v) is 6.51. The topological polar surface area (TPSA) is 62.7 Å². The molecule has 100 valence electrons. The SMILES string of the molecule is CCCNc1cnnc(NCc2ccc(C)cc2)n1. The molecule has 2 aromatic rings. The third kappa shape index (κ3) is 4.21. The highest BCUT2D eigenvalue weighted by Gasteiger charge is 2.00. The number of rotatable bonds is 6. The van der Waals surface area contributed by atoms with Gasteiger partial charge in [-0.25, -0.2) is 0 Å². The molecule has 1 aromatic carbocycles. The van der Waals surface area contributed by atoms with E-state index in [-0.39, 0.29) is 0 Å². The largest absolute Gasteiger partial charge is 0.369 e. The summed E-state index contributed by atoms with van der Waals surface area (Å²) >= 11 is 0. The van der Waals surface area contributed by atoms with Gasteiger partial charge in [0.15, 0.2) is 0 Å².